The number of esters is 1. The topological polar surface area (TPSA) is 161 Å². The second kappa shape index (κ2) is 11.6. The first-order valence-electron chi connectivity index (χ1n) is 11.3. The molecule has 1 amide bonds. The largest absolute Gasteiger partial charge is 0.476 e. The average molecular weight is 585 g/mol. The van der Waals surface area contributed by atoms with Gasteiger partial charge in [0.25, 0.3) is 5.69 Å². The summed E-state index contributed by atoms with van der Waals surface area (Å²) in [7, 11) is 0. The second-order valence-corrected chi connectivity index (χ2v) is 8.52. The monoisotopic (exact) mass is 584 g/mol. The van der Waals surface area contributed by atoms with E-state index < -0.39 is 17.0 Å². The summed E-state index contributed by atoms with van der Waals surface area (Å²) >= 11 is 3.32. The van der Waals surface area contributed by atoms with Gasteiger partial charge in [0.2, 0.25) is 11.6 Å². The van der Waals surface area contributed by atoms with Gasteiger partial charge >= 0.3 is 12.1 Å². The number of nitro benzene ring substituents is 1. The molecular weight excluding hydrogens is 564 g/mol. The zero-order valence-corrected chi connectivity index (χ0v) is 21.8. The van der Waals surface area contributed by atoms with Crippen molar-refractivity contribution in [2.24, 2.45) is 0 Å². The predicted octanol–water partition coefficient (Wildman–Crippen LogP) is 4.81. The third-order valence-corrected chi connectivity index (χ3v) is 5.50. The van der Waals surface area contributed by atoms with E-state index in [9.17, 15) is 19.7 Å². The van der Waals surface area contributed by atoms with E-state index in [4.69, 9.17) is 14.2 Å². The van der Waals surface area contributed by atoms with E-state index in [2.05, 4.69) is 36.2 Å². The van der Waals surface area contributed by atoms with Crippen LogP contribution in [0.4, 0.5) is 16.2 Å². The molecule has 0 bridgehead atoms. The molecule has 0 aliphatic rings. The third-order valence-electron chi connectivity index (χ3n) is 5.01. The molecule has 2 aromatic carbocycles. The number of amides is 1. The Labute approximate surface area is 224 Å². The number of hydrogen-bond donors (Lipinski definition) is 1. The van der Waals surface area contributed by atoms with Gasteiger partial charge in [-0.15, -0.1) is 0 Å². The first-order valence-corrected chi connectivity index (χ1v) is 12.1. The van der Waals surface area contributed by atoms with Gasteiger partial charge in [-0.2, -0.15) is 0 Å². The number of aromatic nitrogens is 4. The van der Waals surface area contributed by atoms with Crippen molar-refractivity contribution in [2.45, 2.75) is 20.5 Å². The normalized spacial score (nSPS) is 10.7. The van der Waals surface area contributed by atoms with Crippen LogP contribution in [0.5, 0.6) is 5.88 Å². The van der Waals surface area contributed by atoms with Gasteiger partial charge in [0.1, 0.15) is 12.3 Å². The number of anilines is 1. The quantitative estimate of drug-likeness (QED) is 0.164. The molecule has 0 aliphatic carbocycles. The van der Waals surface area contributed by atoms with Gasteiger partial charge in [0.05, 0.1) is 41.2 Å². The lowest BCUT2D eigenvalue weighted by Crippen LogP contribution is -2.13. The highest BCUT2D eigenvalue weighted by molar-refractivity contribution is 9.10. The molecule has 0 fully saturated rings. The molecule has 4 rings (SSSR count). The molecule has 2 heterocycles. The van der Waals surface area contributed by atoms with Crippen molar-refractivity contribution in [3.8, 4) is 11.6 Å². The van der Waals surface area contributed by atoms with Gasteiger partial charge in [-0.3, -0.25) is 20.0 Å². The molecular formula is C24H21BrN6O7. The summed E-state index contributed by atoms with van der Waals surface area (Å²) < 4.78 is 17.8. The number of nitrogens with zero attached hydrogens (tertiary/aromatic N) is 5. The lowest BCUT2D eigenvalue weighted by molar-refractivity contribution is -0.384. The van der Waals surface area contributed by atoms with Gasteiger partial charge in [0, 0.05) is 22.4 Å². The Bertz CT molecular complexity index is 1520. The molecule has 14 heteroatoms. The smallest absolute Gasteiger partial charge is 0.412 e. The van der Waals surface area contributed by atoms with Gasteiger partial charge in [0.15, 0.2) is 0 Å². The zero-order chi connectivity index (χ0) is 27.2. The fourth-order valence-corrected chi connectivity index (χ4v) is 3.82. The summed E-state index contributed by atoms with van der Waals surface area (Å²) in [5.41, 5.74) is 0.939. The minimum Gasteiger partial charge on any atom is -0.476 e. The van der Waals surface area contributed by atoms with Crippen LogP contribution < -0.4 is 10.1 Å². The van der Waals surface area contributed by atoms with Gasteiger partial charge in [-0.25, -0.2) is 24.5 Å². The summed E-state index contributed by atoms with van der Waals surface area (Å²) in [6.45, 7) is 3.50. The van der Waals surface area contributed by atoms with Gasteiger partial charge < -0.3 is 14.2 Å². The minimum atomic E-state index is -0.728. The number of halogens is 1. The number of ether oxygens (including phenoxy) is 3. The highest BCUT2D eigenvalue weighted by atomic mass is 79.9. The molecule has 2 aromatic heterocycles. The Morgan fingerprint density at radius 1 is 1.11 bits per heavy atom. The Morgan fingerprint density at radius 3 is 2.61 bits per heavy atom. The van der Waals surface area contributed by atoms with E-state index in [1.54, 1.807) is 32.0 Å². The van der Waals surface area contributed by atoms with Crippen LogP contribution in [0.3, 0.4) is 0 Å². The highest BCUT2D eigenvalue weighted by Gasteiger charge is 2.23. The van der Waals surface area contributed by atoms with Crippen LogP contribution in [0.15, 0.2) is 53.4 Å². The number of nitro groups is 1. The van der Waals surface area contributed by atoms with Crippen LogP contribution in [0, 0.1) is 10.1 Å². The number of benzene rings is 2. The van der Waals surface area contributed by atoms with E-state index in [-0.39, 0.29) is 53.8 Å². The standard InChI is InChI=1S/C24H21BrN6O7/c1-3-36-22-21(23(32)37-4-2)28-17-9-19(20(31(34)35)10-18(17)29-22)30-11-16(26-13-30)12-38-24(33)27-15-7-5-6-14(25)8-15/h5-11,13H,3-4,12H2,1-2H3,(H,27,33). The fourth-order valence-electron chi connectivity index (χ4n) is 3.42. The van der Waals surface area contributed by atoms with Crippen LogP contribution in [0.25, 0.3) is 16.7 Å². The Balaban J connectivity index is 1.61. The number of rotatable bonds is 9. The first kappa shape index (κ1) is 26.5. The molecule has 4 aromatic rings. The maximum atomic E-state index is 12.4. The molecule has 0 atom stereocenters. The molecule has 0 aliphatic heterocycles. The van der Waals surface area contributed by atoms with Crippen LogP contribution in [-0.4, -0.2) is 49.7 Å². The van der Waals surface area contributed by atoms with Crippen molar-refractivity contribution >= 4 is 50.4 Å². The van der Waals surface area contributed by atoms with Crippen LogP contribution in [0.2, 0.25) is 0 Å². The van der Waals surface area contributed by atoms with Gasteiger partial charge in [-0.1, -0.05) is 22.0 Å². The van der Waals surface area contributed by atoms with Crippen molar-refractivity contribution in [3.63, 3.8) is 0 Å². The zero-order valence-electron chi connectivity index (χ0n) is 20.2. The van der Waals surface area contributed by atoms with Crippen LogP contribution in [0.1, 0.15) is 30.0 Å². The lowest BCUT2D eigenvalue weighted by atomic mass is 10.2. The molecule has 0 saturated carbocycles. The van der Waals surface area contributed by atoms with E-state index in [1.165, 1.54) is 29.2 Å². The minimum absolute atomic E-state index is 0.0799. The molecule has 0 spiro atoms. The van der Waals surface area contributed by atoms with Gasteiger partial charge in [-0.05, 0) is 38.1 Å². The third kappa shape index (κ3) is 6.03. The number of carbonyl (C=O) groups excluding carboxylic acids is 2. The van der Waals surface area contributed by atoms with Crippen molar-refractivity contribution in [2.75, 3.05) is 18.5 Å². The summed E-state index contributed by atoms with van der Waals surface area (Å²) in [6.07, 6.45) is 2.13. The average Bonchev–Trinajstić information content (AvgIpc) is 3.35. The molecule has 0 unspecified atom stereocenters. The molecule has 1 N–H and O–H groups in total. The fraction of sp³-hybridized carbons (Fsp3) is 0.208. The summed E-state index contributed by atoms with van der Waals surface area (Å²) in [5, 5.41) is 14.5. The summed E-state index contributed by atoms with van der Waals surface area (Å²) in [5.74, 6) is -0.808. The Morgan fingerprint density at radius 2 is 1.89 bits per heavy atom. The van der Waals surface area contributed by atoms with Crippen molar-refractivity contribution < 1.29 is 28.7 Å². The Kier molecular flexibility index (Phi) is 8.11. The molecule has 0 radical (unpaired) electrons. The first-order chi connectivity index (χ1) is 18.3. The number of carbonyl (C=O) groups is 2. The van der Waals surface area contributed by atoms with Crippen molar-refractivity contribution in [3.05, 3.63) is 74.9 Å². The van der Waals surface area contributed by atoms with E-state index in [1.807, 2.05) is 6.07 Å². The number of imidazole rings is 1. The highest BCUT2D eigenvalue weighted by Crippen LogP contribution is 2.30. The van der Waals surface area contributed by atoms with Crippen LogP contribution in [-0.2, 0) is 16.1 Å². The maximum Gasteiger partial charge on any atom is 0.412 e. The molecule has 13 nitrogen and oxygen atoms in total. The Hall–Kier alpha value is -4.59. The van der Waals surface area contributed by atoms with Crippen molar-refractivity contribution in [1.82, 2.24) is 19.5 Å². The van der Waals surface area contributed by atoms with E-state index in [0.717, 1.165) is 4.47 Å². The number of nitrogens with one attached hydrogen (secondary N) is 1. The maximum absolute atomic E-state index is 12.4. The lowest BCUT2D eigenvalue weighted by Gasteiger charge is -2.10. The molecule has 196 valence electrons. The predicted molar refractivity (Wildman–Crippen MR) is 138 cm³/mol. The molecule has 38 heavy (non-hydrogen) atoms. The SMILES string of the molecule is CCOC(=O)c1nc2cc(-n3cnc(COC(=O)Nc4cccc(Br)c4)c3)c([N+](=O)[O-])cc2nc1OCC. The summed E-state index contributed by atoms with van der Waals surface area (Å²) in [6, 6.07) is 9.63. The number of hydrogen-bond acceptors (Lipinski definition) is 10. The van der Waals surface area contributed by atoms with E-state index in [0.29, 0.717) is 11.4 Å². The summed E-state index contributed by atoms with van der Waals surface area (Å²) in [4.78, 5) is 48.6. The van der Waals surface area contributed by atoms with Crippen LogP contribution >= 0.6 is 15.9 Å². The number of fused-ring (bicyclic) bond motifs is 1. The van der Waals surface area contributed by atoms with E-state index >= 15 is 0 Å². The second-order valence-electron chi connectivity index (χ2n) is 7.60. The molecule has 0 saturated heterocycles. The van der Waals surface area contributed by atoms with Crippen molar-refractivity contribution in [1.29, 1.82) is 0 Å².